The maximum absolute atomic E-state index is 12.4. The molecule has 0 amide bonds. The summed E-state index contributed by atoms with van der Waals surface area (Å²) in [6.45, 7) is 6.01. The zero-order valence-electron chi connectivity index (χ0n) is 18.8. The molecule has 0 radical (unpaired) electrons. The Morgan fingerprint density at radius 3 is 2.69 bits per heavy atom. The van der Waals surface area contributed by atoms with Crippen LogP contribution in [0.15, 0.2) is 27.4 Å². The quantitative estimate of drug-likeness (QED) is 0.580. The molecule has 9 heteroatoms. The van der Waals surface area contributed by atoms with Crippen LogP contribution in [-0.4, -0.2) is 71.8 Å². The summed E-state index contributed by atoms with van der Waals surface area (Å²) in [6, 6.07) is 4.92. The number of methoxy groups -OCH3 is 1. The number of hydrogen-bond donors (Lipinski definition) is 3. The van der Waals surface area contributed by atoms with Gasteiger partial charge in [0.25, 0.3) is 0 Å². The van der Waals surface area contributed by atoms with Gasteiger partial charge < -0.3 is 38.8 Å². The molecular weight excluding hydrogens is 418 g/mol. The second-order valence-corrected chi connectivity index (χ2v) is 9.03. The Bertz CT molecular complexity index is 1030. The van der Waals surface area contributed by atoms with Gasteiger partial charge in [0, 0.05) is 30.7 Å². The van der Waals surface area contributed by atoms with Crippen LogP contribution in [0.1, 0.15) is 32.3 Å². The van der Waals surface area contributed by atoms with Crippen LogP contribution in [0.4, 0.5) is 5.69 Å². The van der Waals surface area contributed by atoms with Gasteiger partial charge in [-0.3, -0.25) is 0 Å². The van der Waals surface area contributed by atoms with E-state index in [1.807, 2.05) is 4.90 Å². The molecule has 4 rings (SSSR count). The molecule has 0 spiro atoms. The van der Waals surface area contributed by atoms with Crippen LogP contribution in [0, 0.1) is 6.92 Å². The molecule has 2 aliphatic heterocycles. The lowest BCUT2D eigenvalue weighted by Crippen LogP contribution is -2.63. The van der Waals surface area contributed by atoms with Gasteiger partial charge in [0.05, 0.1) is 23.9 Å². The molecule has 0 aliphatic carbocycles. The van der Waals surface area contributed by atoms with E-state index in [-0.39, 0.29) is 12.6 Å². The molecule has 2 saturated heterocycles. The zero-order chi connectivity index (χ0) is 23.2. The van der Waals surface area contributed by atoms with Gasteiger partial charge >= 0.3 is 5.63 Å². The Morgan fingerprint density at radius 1 is 1.25 bits per heavy atom. The highest BCUT2D eigenvalue weighted by Gasteiger charge is 2.50. The minimum absolute atomic E-state index is 0.0133. The van der Waals surface area contributed by atoms with E-state index in [0.717, 1.165) is 30.5 Å². The molecule has 1 aromatic heterocycles. The van der Waals surface area contributed by atoms with Crippen LogP contribution in [0.25, 0.3) is 11.0 Å². The van der Waals surface area contributed by atoms with Crippen molar-refractivity contribution in [3.05, 3.63) is 34.2 Å². The topological polar surface area (TPSA) is 122 Å². The van der Waals surface area contributed by atoms with Gasteiger partial charge in [0.1, 0.15) is 29.6 Å². The summed E-state index contributed by atoms with van der Waals surface area (Å²) in [6.07, 6.45) is -2.62. The molecule has 2 aliphatic rings. The predicted molar refractivity (Wildman–Crippen MR) is 117 cm³/mol. The van der Waals surface area contributed by atoms with E-state index in [0.29, 0.717) is 16.9 Å². The number of rotatable bonds is 5. The van der Waals surface area contributed by atoms with Gasteiger partial charge in [-0.1, -0.05) is 0 Å². The SMILES string of the molecule is CO[C@@H]1[C@@H](O)[C@@H](O)[C@H](Oc2ccc3c(N4CCC[C@H]4CO)cc(=O)oc3c2C)OC1(C)C. The fraction of sp³-hybridized carbons (Fsp3) is 0.609. The third-order valence-electron chi connectivity index (χ3n) is 6.53. The number of aryl methyl sites for hydroxylation is 1. The third-order valence-corrected chi connectivity index (χ3v) is 6.53. The Balaban J connectivity index is 1.70. The monoisotopic (exact) mass is 449 g/mol. The zero-order valence-corrected chi connectivity index (χ0v) is 18.8. The van der Waals surface area contributed by atoms with Gasteiger partial charge in [0.15, 0.2) is 0 Å². The highest BCUT2D eigenvalue weighted by atomic mass is 16.7. The molecule has 0 unspecified atom stereocenters. The Labute approximate surface area is 186 Å². The lowest BCUT2D eigenvalue weighted by atomic mass is 9.89. The van der Waals surface area contributed by atoms with Gasteiger partial charge in [-0.15, -0.1) is 0 Å². The van der Waals surface area contributed by atoms with Crippen molar-refractivity contribution in [2.45, 2.75) is 69.9 Å². The molecular formula is C23H31NO8. The first-order chi connectivity index (χ1) is 15.2. The maximum Gasteiger partial charge on any atom is 0.338 e. The standard InChI is InChI=1S/C23H31NO8/c1-12-16(30-22-19(28)18(27)21(29-4)23(2,3)32-22)8-7-14-15(10-17(26)31-20(12)14)24-9-5-6-13(24)11-25/h7-8,10,13,18-19,21-22,25,27-28H,5-6,9,11H2,1-4H3/t13-,18-,19+,21+,22+/m0/s1. The molecule has 1 aromatic carbocycles. The molecule has 5 atom stereocenters. The predicted octanol–water partition coefficient (Wildman–Crippen LogP) is 1.31. The fourth-order valence-corrected chi connectivity index (χ4v) is 4.86. The summed E-state index contributed by atoms with van der Waals surface area (Å²) < 4.78 is 22.7. The molecule has 176 valence electrons. The number of aliphatic hydroxyl groups excluding tert-OH is 3. The minimum Gasteiger partial charge on any atom is -0.462 e. The van der Waals surface area contributed by atoms with E-state index in [9.17, 15) is 20.1 Å². The van der Waals surface area contributed by atoms with Gasteiger partial charge in [-0.25, -0.2) is 4.79 Å². The highest BCUT2D eigenvalue weighted by Crippen LogP contribution is 2.37. The molecule has 9 nitrogen and oxygen atoms in total. The second kappa shape index (κ2) is 8.64. The van der Waals surface area contributed by atoms with Crippen LogP contribution in [0.2, 0.25) is 0 Å². The maximum atomic E-state index is 12.4. The van der Waals surface area contributed by atoms with Crippen molar-refractivity contribution in [3.63, 3.8) is 0 Å². The van der Waals surface area contributed by atoms with Crippen LogP contribution < -0.4 is 15.3 Å². The van der Waals surface area contributed by atoms with Crippen molar-refractivity contribution in [1.29, 1.82) is 0 Å². The molecule has 2 aromatic rings. The van der Waals surface area contributed by atoms with E-state index in [2.05, 4.69) is 0 Å². The molecule has 32 heavy (non-hydrogen) atoms. The molecule has 3 N–H and O–H groups in total. The van der Waals surface area contributed by atoms with Gasteiger partial charge in [-0.05, 0) is 45.7 Å². The minimum atomic E-state index is -1.34. The molecule has 3 heterocycles. The first-order valence-corrected chi connectivity index (χ1v) is 10.9. The number of nitrogens with zero attached hydrogens (tertiary/aromatic N) is 1. The van der Waals surface area contributed by atoms with E-state index in [1.54, 1.807) is 32.9 Å². The lowest BCUT2D eigenvalue weighted by molar-refractivity contribution is -0.306. The van der Waals surface area contributed by atoms with Crippen LogP contribution in [0.3, 0.4) is 0 Å². The van der Waals surface area contributed by atoms with Crippen molar-refractivity contribution in [2.75, 3.05) is 25.2 Å². The van der Waals surface area contributed by atoms with Crippen molar-refractivity contribution in [3.8, 4) is 5.75 Å². The third kappa shape index (κ3) is 3.88. The Kier molecular flexibility index (Phi) is 6.21. The smallest absolute Gasteiger partial charge is 0.338 e. The number of hydrogen-bond acceptors (Lipinski definition) is 9. The number of anilines is 1. The van der Waals surface area contributed by atoms with Crippen molar-refractivity contribution < 1.29 is 33.9 Å². The summed E-state index contributed by atoms with van der Waals surface area (Å²) >= 11 is 0. The summed E-state index contributed by atoms with van der Waals surface area (Å²) in [5.41, 5.74) is 0.254. The second-order valence-electron chi connectivity index (χ2n) is 9.03. The Morgan fingerprint density at radius 2 is 2.00 bits per heavy atom. The van der Waals surface area contributed by atoms with Gasteiger partial charge in [0.2, 0.25) is 6.29 Å². The molecule has 2 fully saturated rings. The Hall–Kier alpha value is -2.17. The first-order valence-electron chi connectivity index (χ1n) is 10.9. The van der Waals surface area contributed by atoms with E-state index < -0.39 is 35.8 Å². The average molecular weight is 450 g/mol. The van der Waals surface area contributed by atoms with Crippen LogP contribution in [0.5, 0.6) is 5.75 Å². The summed E-state index contributed by atoms with van der Waals surface area (Å²) in [7, 11) is 1.45. The summed E-state index contributed by atoms with van der Waals surface area (Å²) in [5.74, 6) is 0.362. The number of fused-ring (bicyclic) bond motifs is 1. The van der Waals surface area contributed by atoms with Crippen molar-refractivity contribution in [1.82, 2.24) is 0 Å². The highest BCUT2D eigenvalue weighted by molar-refractivity contribution is 5.93. The average Bonchev–Trinajstić information content (AvgIpc) is 3.22. The first kappa shape index (κ1) is 23.0. The summed E-state index contributed by atoms with van der Waals surface area (Å²) in [5, 5.41) is 31.5. The number of benzene rings is 1. The van der Waals surface area contributed by atoms with Crippen molar-refractivity contribution >= 4 is 16.7 Å². The van der Waals surface area contributed by atoms with Crippen LogP contribution in [-0.2, 0) is 9.47 Å². The molecule has 0 saturated carbocycles. The van der Waals surface area contributed by atoms with E-state index >= 15 is 0 Å². The van der Waals surface area contributed by atoms with Crippen LogP contribution >= 0.6 is 0 Å². The van der Waals surface area contributed by atoms with Crippen molar-refractivity contribution in [2.24, 2.45) is 0 Å². The largest absolute Gasteiger partial charge is 0.462 e. The number of ether oxygens (including phenoxy) is 3. The fourth-order valence-electron chi connectivity index (χ4n) is 4.86. The normalized spacial score (nSPS) is 30.1. The number of aliphatic hydroxyl groups is 3. The lowest BCUT2D eigenvalue weighted by Gasteiger charge is -2.46. The van der Waals surface area contributed by atoms with E-state index in [4.69, 9.17) is 18.6 Å². The van der Waals surface area contributed by atoms with Gasteiger partial charge in [-0.2, -0.15) is 0 Å². The molecule has 0 bridgehead atoms. The van der Waals surface area contributed by atoms with E-state index in [1.165, 1.54) is 13.2 Å². The summed E-state index contributed by atoms with van der Waals surface area (Å²) in [4.78, 5) is 14.4.